The molecule has 0 aliphatic heterocycles. The fourth-order valence-electron chi connectivity index (χ4n) is 2.39. The minimum absolute atomic E-state index is 0.296. The summed E-state index contributed by atoms with van der Waals surface area (Å²) in [5.41, 5.74) is 5.05. The summed E-state index contributed by atoms with van der Waals surface area (Å²) in [5, 5.41) is 7.92. The van der Waals surface area contributed by atoms with Crippen LogP contribution < -0.4 is 10.6 Å². The zero-order valence-corrected chi connectivity index (χ0v) is 14.8. The van der Waals surface area contributed by atoms with Crippen LogP contribution in [-0.4, -0.2) is 11.0 Å². The number of thiazole rings is 1. The summed E-state index contributed by atoms with van der Waals surface area (Å²) in [5.74, 6) is -0.296. The number of nitrogens with one attached hydrogen (secondary N) is 2. The molecule has 2 N–H and O–H groups in total. The fraction of sp³-hybridized carbons (Fsp3) is 0.158. The highest BCUT2D eigenvalue weighted by Crippen LogP contribution is 2.28. The number of aromatic nitrogens is 1. The van der Waals surface area contributed by atoms with Crippen LogP contribution in [0.3, 0.4) is 0 Å². The molecule has 3 rings (SSSR count). The zero-order chi connectivity index (χ0) is 17.8. The molecule has 0 aliphatic rings. The first-order valence-electron chi connectivity index (χ1n) is 7.84. The van der Waals surface area contributed by atoms with Crippen molar-refractivity contribution in [1.82, 2.24) is 10.3 Å². The Kier molecular flexibility index (Phi) is 5.09. The zero-order valence-electron chi connectivity index (χ0n) is 14.0. The third kappa shape index (κ3) is 4.42. The van der Waals surface area contributed by atoms with Gasteiger partial charge in [-0.3, -0.25) is 5.32 Å². The summed E-state index contributed by atoms with van der Waals surface area (Å²) in [6.07, 6.45) is 0. The molecule has 0 fully saturated rings. The number of nitrogens with zero attached hydrogens (tertiary/aromatic N) is 1. The standard InChI is InChI=1S/C19H18FN3OS/c1-12-3-4-13(2)16(9-12)17-11-25-19(22-17)23-18(24)21-10-14-5-7-15(20)8-6-14/h3-9,11H,10H2,1-2H3,(H2,21,22,23,24). The lowest BCUT2D eigenvalue weighted by molar-refractivity contribution is 0.251. The Bertz CT molecular complexity index is 890. The lowest BCUT2D eigenvalue weighted by Crippen LogP contribution is -2.28. The molecule has 0 bridgehead atoms. The SMILES string of the molecule is Cc1ccc(C)c(-c2csc(NC(=O)NCc3ccc(F)cc3)n2)c1. The van der Waals surface area contributed by atoms with E-state index < -0.39 is 0 Å². The second kappa shape index (κ2) is 7.44. The van der Waals surface area contributed by atoms with Gasteiger partial charge in [0.15, 0.2) is 5.13 Å². The van der Waals surface area contributed by atoms with Crippen molar-refractivity contribution in [2.75, 3.05) is 5.32 Å². The van der Waals surface area contributed by atoms with Gasteiger partial charge in [-0.2, -0.15) is 0 Å². The molecule has 0 spiro atoms. The molecule has 0 saturated heterocycles. The van der Waals surface area contributed by atoms with Crippen molar-refractivity contribution >= 4 is 22.5 Å². The number of hydrogen-bond acceptors (Lipinski definition) is 3. The Labute approximate surface area is 149 Å². The molecule has 25 heavy (non-hydrogen) atoms. The van der Waals surface area contributed by atoms with Gasteiger partial charge in [0.25, 0.3) is 0 Å². The highest BCUT2D eigenvalue weighted by atomic mass is 32.1. The van der Waals surface area contributed by atoms with Crippen molar-refractivity contribution in [2.45, 2.75) is 20.4 Å². The third-order valence-corrected chi connectivity index (χ3v) is 4.52. The number of urea groups is 1. The van der Waals surface area contributed by atoms with Crippen molar-refractivity contribution in [2.24, 2.45) is 0 Å². The maximum absolute atomic E-state index is 12.9. The molecule has 1 aromatic heterocycles. The number of benzene rings is 2. The number of carbonyl (C=O) groups is 1. The van der Waals surface area contributed by atoms with Gasteiger partial charge in [-0.25, -0.2) is 14.2 Å². The van der Waals surface area contributed by atoms with Crippen LogP contribution in [0.5, 0.6) is 0 Å². The maximum atomic E-state index is 12.9. The van der Waals surface area contributed by atoms with Gasteiger partial charge < -0.3 is 5.32 Å². The number of rotatable bonds is 4. The quantitative estimate of drug-likeness (QED) is 0.700. The van der Waals surface area contributed by atoms with Gasteiger partial charge in [0.2, 0.25) is 0 Å². The van der Waals surface area contributed by atoms with Crippen molar-refractivity contribution in [1.29, 1.82) is 0 Å². The van der Waals surface area contributed by atoms with E-state index >= 15 is 0 Å². The second-order valence-corrected chi connectivity index (χ2v) is 6.65. The van der Waals surface area contributed by atoms with E-state index in [1.54, 1.807) is 12.1 Å². The smallest absolute Gasteiger partial charge is 0.321 e. The number of halogens is 1. The molecule has 0 aliphatic carbocycles. The number of carbonyl (C=O) groups excluding carboxylic acids is 1. The fourth-order valence-corrected chi connectivity index (χ4v) is 3.10. The van der Waals surface area contributed by atoms with Crippen LogP contribution >= 0.6 is 11.3 Å². The Morgan fingerprint density at radius 3 is 2.68 bits per heavy atom. The van der Waals surface area contributed by atoms with Gasteiger partial charge >= 0.3 is 6.03 Å². The number of hydrogen-bond donors (Lipinski definition) is 2. The van der Waals surface area contributed by atoms with Crippen molar-refractivity contribution < 1.29 is 9.18 Å². The van der Waals surface area contributed by atoms with Crippen LogP contribution in [-0.2, 0) is 6.54 Å². The monoisotopic (exact) mass is 355 g/mol. The average molecular weight is 355 g/mol. The van der Waals surface area contributed by atoms with Gasteiger partial charge in [-0.1, -0.05) is 29.8 Å². The van der Waals surface area contributed by atoms with Crippen LogP contribution in [0, 0.1) is 19.7 Å². The third-order valence-electron chi connectivity index (χ3n) is 3.76. The van der Waals surface area contributed by atoms with Crippen LogP contribution in [0.1, 0.15) is 16.7 Å². The molecule has 4 nitrogen and oxygen atoms in total. The van der Waals surface area contributed by atoms with E-state index in [4.69, 9.17) is 0 Å². The summed E-state index contributed by atoms with van der Waals surface area (Å²) in [6.45, 7) is 4.40. The first-order valence-corrected chi connectivity index (χ1v) is 8.71. The second-order valence-electron chi connectivity index (χ2n) is 5.79. The molecular weight excluding hydrogens is 337 g/mol. The van der Waals surface area contributed by atoms with E-state index in [-0.39, 0.29) is 11.8 Å². The summed E-state index contributed by atoms with van der Waals surface area (Å²) < 4.78 is 12.9. The topological polar surface area (TPSA) is 54.0 Å². The first kappa shape index (κ1) is 17.1. The van der Waals surface area contributed by atoms with Crippen molar-refractivity contribution in [3.63, 3.8) is 0 Å². The maximum Gasteiger partial charge on any atom is 0.321 e. The van der Waals surface area contributed by atoms with Gasteiger partial charge in [-0.05, 0) is 43.2 Å². The molecule has 2 aromatic carbocycles. The van der Waals surface area contributed by atoms with E-state index in [1.165, 1.54) is 29.0 Å². The van der Waals surface area contributed by atoms with E-state index in [2.05, 4.69) is 33.8 Å². The lowest BCUT2D eigenvalue weighted by Gasteiger charge is -2.06. The molecular formula is C19H18FN3OS. The average Bonchev–Trinajstić information content (AvgIpc) is 3.05. The van der Waals surface area contributed by atoms with Crippen molar-refractivity contribution in [3.05, 3.63) is 70.4 Å². The van der Waals surface area contributed by atoms with Crippen LogP contribution in [0.25, 0.3) is 11.3 Å². The molecule has 1 heterocycles. The molecule has 0 unspecified atom stereocenters. The predicted molar refractivity (Wildman–Crippen MR) is 99.3 cm³/mol. The van der Waals surface area contributed by atoms with Crippen molar-refractivity contribution in [3.8, 4) is 11.3 Å². The summed E-state index contributed by atoms with van der Waals surface area (Å²) in [4.78, 5) is 16.5. The minimum atomic E-state index is -0.341. The summed E-state index contributed by atoms with van der Waals surface area (Å²) in [6, 6.07) is 11.9. The van der Waals surface area contributed by atoms with Crippen LogP contribution in [0.4, 0.5) is 14.3 Å². The van der Waals surface area contributed by atoms with Gasteiger partial charge in [-0.15, -0.1) is 11.3 Å². The Morgan fingerprint density at radius 1 is 1.16 bits per heavy atom. The molecule has 0 radical (unpaired) electrons. The molecule has 128 valence electrons. The van der Waals surface area contributed by atoms with Gasteiger partial charge in [0.1, 0.15) is 5.82 Å². The lowest BCUT2D eigenvalue weighted by atomic mass is 10.0. The van der Waals surface area contributed by atoms with E-state index in [0.29, 0.717) is 11.7 Å². The Balaban J connectivity index is 1.62. The summed E-state index contributed by atoms with van der Waals surface area (Å²) >= 11 is 1.38. The number of amides is 2. The van der Waals surface area contributed by atoms with Crippen LogP contribution in [0.2, 0.25) is 0 Å². The van der Waals surface area contributed by atoms with Gasteiger partial charge in [0, 0.05) is 17.5 Å². The van der Waals surface area contributed by atoms with E-state index in [0.717, 1.165) is 22.4 Å². The largest absolute Gasteiger partial charge is 0.334 e. The van der Waals surface area contributed by atoms with E-state index in [9.17, 15) is 9.18 Å². The Morgan fingerprint density at radius 2 is 1.92 bits per heavy atom. The molecule has 3 aromatic rings. The predicted octanol–water partition coefficient (Wildman–Crippen LogP) is 4.89. The summed E-state index contributed by atoms with van der Waals surface area (Å²) in [7, 11) is 0. The Hall–Kier alpha value is -2.73. The molecule has 6 heteroatoms. The first-order chi connectivity index (χ1) is 12.0. The van der Waals surface area contributed by atoms with E-state index in [1.807, 2.05) is 19.2 Å². The van der Waals surface area contributed by atoms with Crippen LogP contribution in [0.15, 0.2) is 47.8 Å². The molecule has 2 amide bonds. The molecule has 0 saturated carbocycles. The van der Waals surface area contributed by atoms with Gasteiger partial charge in [0.05, 0.1) is 5.69 Å². The highest BCUT2D eigenvalue weighted by molar-refractivity contribution is 7.14. The normalized spacial score (nSPS) is 10.5. The molecule has 0 atom stereocenters. The number of anilines is 1. The minimum Gasteiger partial charge on any atom is -0.334 e. The highest BCUT2D eigenvalue weighted by Gasteiger charge is 2.10. The number of aryl methyl sites for hydroxylation is 2.